The van der Waals surface area contributed by atoms with E-state index in [0.717, 1.165) is 18.4 Å². The first-order valence-electron chi connectivity index (χ1n) is 9.79. The van der Waals surface area contributed by atoms with Crippen LogP contribution in [-0.4, -0.2) is 70.4 Å². The Kier molecular flexibility index (Phi) is 9.11. The van der Waals surface area contributed by atoms with Gasteiger partial charge in [0.05, 0.1) is 25.5 Å². The van der Waals surface area contributed by atoms with Crippen molar-refractivity contribution in [1.29, 1.82) is 0 Å². The molecule has 0 unspecified atom stereocenters. The van der Waals surface area contributed by atoms with E-state index in [1.165, 1.54) is 10.4 Å². The van der Waals surface area contributed by atoms with Crippen LogP contribution in [-0.2, 0) is 20.2 Å². The Bertz CT molecular complexity index is 796. The number of sulfonamides is 1. The third kappa shape index (κ3) is 6.76. The zero-order chi connectivity index (χ0) is 20.0. The highest BCUT2D eigenvalue weighted by atomic mass is 127. The van der Waals surface area contributed by atoms with Crippen molar-refractivity contribution >= 4 is 40.0 Å². The number of guanidine groups is 1. The minimum atomic E-state index is -3.31. The molecule has 10 heteroatoms. The van der Waals surface area contributed by atoms with Crippen molar-refractivity contribution in [3.63, 3.8) is 0 Å². The van der Waals surface area contributed by atoms with Gasteiger partial charge in [0.2, 0.25) is 10.0 Å². The standard InChI is InChI=1S/C19H29FN4O3S.HI/c1-2-21-18(22-8-13-28(25,26)24-9-11-27-12-10-24)23-15-19(6-7-19)16-4-3-5-17(20)14-16;/h3-5,14H,2,6-13,15H2,1H3,(H2,21,22,23);1H. The molecule has 29 heavy (non-hydrogen) atoms. The molecule has 1 heterocycles. The van der Waals surface area contributed by atoms with Crippen LogP contribution in [0.25, 0.3) is 0 Å². The zero-order valence-electron chi connectivity index (χ0n) is 16.7. The van der Waals surface area contributed by atoms with Gasteiger partial charge in [-0.15, -0.1) is 24.0 Å². The lowest BCUT2D eigenvalue weighted by Crippen LogP contribution is -2.45. The first-order chi connectivity index (χ1) is 13.5. The van der Waals surface area contributed by atoms with Gasteiger partial charge in [-0.3, -0.25) is 4.99 Å². The van der Waals surface area contributed by atoms with Crippen molar-refractivity contribution in [2.75, 3.05) is 51.7 Å². The van der Waals surface area contributed by atoms with E-state index < -0.39 is 10.0 Å². The van der Waals surface area contributed by atoms with E-state index >= 15 is 0 Å². The lowest BCUT2D eigenvalue weighted by atomic mass is 9.96. The molecule has 2 aliphatic rings. The Morgan fingerprint density at radius 2 is 2.00 bits per heavy atom. The van der Waals surface area contributed by atoms with Crippen LogP contribution in [0.1, 0.15) is 25.3 Å². The number of benzene rings is 1. The lowest BCUT2D eigenvalue weighted by molar-refractivity contribution is 0.0730. The summed E-state index contributed by atoms with van der Waals surface area (Å²) in [7, 11) is -3.31. The number of aliphatic imine (C=N–C) groups is 1. The van der Waals surface area contributed by atoms with Crippen molar-refractivity contribution in [2.24, 2.45) is 4.99 Å². The second-order valence-corrected chi connectivity index (χ2v) is 9.33. The molecular weight excluding hydrogens is 510 g/mol. The van der Waals surface area contributed by atoms with E-state index in [9.17, 15) is 12.8 Å². The molecule has 0 bridgehead atoms. The van der Waals surface area contributed by atoms with Gasteiger partial charge < -0.3 is 15.4 Å². The predicted molar refractivity (Wildman–Crippen MR) is 123 cm³/mol. The highest BCUT2D eigenvalue weighted by Crippen LogP contribution is 2.48. The third-order valence-electron chi connectivity index (χ3n) is 5.19. The second kappa shape index (κ2) is 10.9. The number of hydrogen-bond acceptors (Lipinski definition) is 4. The fourth-order valence-electron chi connectivity index (χ4n) is 3.33. The van der Waals surface area contributed by atoms with Crippen LogP contribution >= 0.6 is 24.0 Å². The maximum absolute atomic E-state index is 13.5. The molecule has 0 amide bonds. The summed E-state index contributed by atoms with van der Waals surface area (Å²) in [6.07, 6.45) is 1.95. The summed E-state index contributed by atoms with van der Waals surface area (Å²) in [5.41, 5.74) is 0.867. The first-order valence-corrected chi connectivity index (χ1v) is 11.4. The smallest absolute Gasteiger partial charge is 0.215 e. The Hall–Kier alpha value is -0.980. The van der Waals surface area contributed by atoms with Crippen LogP contribution in [0.2, 0.25) is 0 Å². The SMILES string of the molecule is CCNC(=NCC1(c2cccc(F)c2)CC1)NCCS(=O)(=O)N1CCOCC1.I. The number of hydrogen-bond donors (Lipinski definition) is 2. The van der Waals surface area contributed by atoms with E-state index in [2.05, 4.69) is 15.6 Å². The molecule has 3 rings (SSSR count). The van der Waals surface area contributed by atoms with Crippen molar-refractivity contribution in [3.8, 4) is 0 Å². The zero-order valence-corrected chi connectivity index (χ0v) is 19.8. The van der Waals surface area contributed by atoms with Gasteiger partial charge in [-0.05, 0) is 37.5 Å². The molecule has 2 fully saturated rings. The van der Waals surface area contributed by atoms with E-state index in [1.807, 2.05) is 13.0 Å². The summed E-state index contributed by atoms with van der Waals surface area (Å²) in [4.78, 5) is 4.63. The maximum atomic E-state index is 13.5. The molecule has 2 N–H and O–H groups in total. The molecule has 0 aromatic heterocycles. The molecule has 1 aliphatic carbocycles. The topological polar surface area (TPSA) is 83.0 Å². The van der Waals surface area contributed by atoms with Crippen LogP contribution < -0.4 is 10.6 Å². The van der Waals surface area contributed by atoms with Crippen molar-refractivity contribution in [1.82, 2.24) is 14.9 Å². The Morgan fingerprint density at radius 1 is 1.28 bits per heavy atom. The van der Waals surface area contributed by atoms with Crippen molar-refractivity contribution < 1.29 is 17.5 Å². The number of ether oxygens (including phenoxy) is 1. The van der Waals surface area contributed by atoms with E-state index in [4.69, 9.17) is 4.74 Å². The molecule has 1 aliphatic heterocycles. The maximum Gasteiger partial charge on any atom is 0.215 e. The Morgan fingerprint density at radius 3 is 2.62 bits per heavy atom. The molecule has 1 saturated heterocycles. The van der Waals surface area contributed by atoms with Crippen LogP contribution in [0.3, 0.4) is 0 Å². The fourth-order valence-corrected chi connectivity index (χ4v) is 4.66. The second-order valence-electron chi connectivity index (χ2n) is 7.24. The molecule has 1 saturated carbocycles. The van der Waals surface area contributed by atoms with Gasteiger partial charge >= 0.3 is 0 Å². The quantitative estimate of drug-likeness (QED) is 0.298. The molecule has 1 aromatic carbocycles. The molecule has 0 spiro atoms. The normalized spacial score (nSPS) is 19.3. The highest BCUT2D eigenvalue weighted by Gasteiger charge is 2.44. The summed E-state index contributed by atoms with van der Waals surface area (Å²) in [5.74, 6) is 0.361. The number of morpholine rings is 1. The Balaban J connectivity index is 0.00000300. The molecule has 7 nitrogen and oxygen atoms in total. The monoisotopic (exact) mass is 540 g/mol. The molecule has 0 radical (unpaired) electrons. The summed E-state index contributed by atoms with van der Waals surface area (Å²) in [6, 6.07) is 6.70. The predicted octanol–water partition coefficient (Wildman–Crippen LogP) is 1.69. The van der Waals surface area contributed by atoms with E-state index in [1.54, 1.807) is 12.1 Å². The average molecular weight is 540 g/mol. The van der Waals surface area contributed by atoms with Crippen molar-refractivity contribution in [2.45, 2.75) is 25.2 Å². The largest absolute Gasteiger partial charge is 0.379 e. The minimum Gasteiger partial charge on any atom is -0.379 e. The van der Waals surface area contributed by atoms with Crippen LogP contribution in [0.5, 0.6) is 0 Å². The summed E-state index contributed by atoms with van der Waals surface area (Å²) >= 11 is 0. The lowest BCUT2D eigenvalue weighted by Gasteiger charge is -2.26. The molecule has 0 atom stereocenters. The van der Waals surface area contributed by atoms with Gasteiger partial charge in [-0.2, -0.15) is 4.31 Å². The number of rotatable bonds is 8. The third-order valence-corrected chi connectivity index (χ3v) is 7.06. The van der Waals surface area contributed by atoms with Gasteiger partial charge in [-0.1, -0.05) is 12.1 Å². The Labute approximate surface area is 189 Å². The molecular formula is C19H30FIN4O3S. The fraction of sp³-hybridized carbons (Fsp3) is 0.632. The summed E-state index contributed by atoms with van der Waals surface area (Å²) in [5, 5.41) is 6.25. The van der Waals surface area contributed by atoms with Gasteiger partial charge in [-0.25, -0.2) is 12.8 Å². The number of nitrogens with one attached hydrogen (secondary N) is 2. The van der Waals surface area contributed by atoms with Crippen LogP contribution in [0.4, 0.5) is 4.39 Å². The highest BCUT2D eigenvalue weighted by molar-refractivity contribution is 14.0. The number of halogens is 2. The van der Waals surface area contributed by atoms with Gasteiger partial charge in [0, 0.05) is 31.6 Å². The van der Waals surface area contributed by atoms with Crippen LogP contribution in [0, 0.1) is 5.82 Å². The van der Waals surface area contributed by atoms with Crippen molar-refractivity contribution in [3.05, 3.63) is 35.6 Å². The summed E-state index contributed by atoms with van der Waals surface area (Å²) < 4.78 is 45.0. The molecule has 1 aromatic rings. The van der Waals surface area contributed by atoms with E-state index in [-0.39, 0.29) is 47.5 Å². The molecule has 164 valence electrons. The number of nitrogens with zero attached hydrogens (tertiary/aromatic N) is 2. The summed E-state index contributed by atoms with van der Waals surface area (Å²) in [6.45, 7) is 5.16. The van der Waals surface area contributed by atoms with E-state index in [0.29, 0.717) is 45.4 Å². The van der Waals surface area contributed by atoms with Gasteiger partial charge in [0.25, 0.3) is 0 Å². The van der Waals surface area contributed by atoms with Gasteiger partial charge in [0.1, 0.15) is 5.82 Å². The average Bonchev–Trinajstić information content (AvgIpc) is 3.48. The van der Waals surface area contributed by atoms with Gasteiger partial charge in [0.15, 0.2) is 5.96 Å². The minimum absolute atomic E-state index is 0. The van der Waals surface area contributed by atoms with Crippen LogP contribution in [0.15, 0.2) is 29.3 Å². The first kappa shape index (κ1) is 24.3.